The average Bonchev–Trinajstić information content (AvgIpc) is 3.36. The number of thioether (sulfide) groups is 1. The van der Waals surface area contributed by atoms with Gasteiger partial charge in [-0.2, -0.15) is 0 Å². The normalized spacial score (nSPS) is 27.4. The van der Waals surface area contributed by atoms with E-state index in [1.807, 2.05) is 0 Å². The smallest absolute Gasteiger partial charge is 0.361 e. The molecule has 0 bridgehead atoms. The number of rotatable bonds is 5. The Bertz CT molecular complexity index is 1130. The van der Waals surface area contributed by atoms with E-state index in [1.54, 1.807) is 0 Å². The third-order valence-corrected chi connectivity index (χ3v) is 10.4. The molecule has 0 amide bonds. The van der Waals surface area contributed by atoms with Crippen LogP contribution in [0.2, 0.25) is 0 Å². The molecule has 3 aliphatic carbocycles. The van der Waals surface area contributed by atoms with Crippen molar-refractivity contribution < 1.29 is 9.90 Å². The molecule has 37 heavy (non-hydrogen) atoms. The van der Waals surface area contributed by atoms with Gasteiger partial charge in [0, 0.05) is 36.7 Å². The number of hydrogen-bond donors (Lipinski definition) is 1. The first kappa shape index (κ1) is 25.2. The number of allylic oxidation sites excluding steroid dienone is 7. The summed E-state index contributed by atoms with van der Waals surface area (Å²) < 4.78 is 0. The number of aliphatic carboxylic acids is 1. The fourth-order valence-corrected chi connectivity index (χ4v) is 8.34. The molecule has 0 aromatic carbocycles. The largest absolute Gasteiger partial charge is 0.476 e. The lowest BCUT2D eigenvalue weighted by Gasteiger charge is -2.29. The third kappa shape index (κ3) is 5.04. The van der Waals surface area contributed by atoms with Gasteiger partial charge >= 0.3 is 5.97 Å². The van der Waals surface area contributed by atoms with E-state index >= 15 is 0 Å². The van der Waals surface area contributed by atoms with Gasteiger partial charge in [-0.15, -0.1) is 0 Å². The molecule has 0 spiro atoms. The second-order valence-corrected chi connectivity index (χ2v) is 12.7. The van der Waals surface area contributed by atoms with Crippen LogP contribution in [0.15, 0.2) is 61.7 Å². The quantitative estimate of drug-likeness (QED) is 0.460. The summed E-state index contributed by atoms with van der Waals surface area (Å²) in [5.41, 5.74) is 8.53. The van der Waals surface area contributed by atoms with E-state index in [1.165, 1.54) is 127 Å². The summed E-state index contributed by atoms with van der Waals surface area (Å²) >= 11 is 1.42. The summed E-state index contributed by atoms with van der Waals surface area (Å²) in [6, 6.07) is 0. The molecule has 1 atom stereocenters. The van der Waals surface area contributed by atoms with Crippen LogP contribution in [0.25, 0.3) is 0 Å². The average molecular weight is 520 g/mol. The number of hydrogen-bond acceptors (Lipinski definition) is 5. The van der Waals surface area contributed by atoms with Crippen molar-refractivity contribution in [3.05, 3.63) is 56.7 Å². The summed E-state index contributed by atoms with van der Waals surface area (Å²) in [6.45, 7) is 8.18. The molecule has 6 rings (SSSR count). The summed E-state index contributed by atoms with van der Waals surface area (Å²) in [4.78, 5) is 22.9. The fourth-order valence-electron chi connectivity index (χ4n) is 7.32. The Morgan fingerprint density at radius 2 is 1.73 bits per heavy atom. The summed E-state index contributed by atoms with van der Waals surface area (Å²) in [6.07, 6.45) is 20.4. The van der Waals surface area contributed by atoms with Gasteiger partial charge in [0.05, 0.1) is 6.54 Å². The molecule has 2 fully saturated rings. The highest BCUT2D eigenvalue weighted by atomic mass is 32.2. The van der Waals surface area contributed by atoms with Gasteiger partial charge in [-0.25, -0.2) is 4.79 Å². The Balaban J connectivity index is 1.37. The van der Waals surface area contributed by atoms with E-state index in [4.69, 9.17) is 0 Å². The molecule has 3 aliphatic heterocycles. The topological polar surface area (TPSA) is 56.1 Å². The highest BCUT2D eigenvalue weighted by molar-refractivity contribution is 8.19. The maximum atomic E-state index is 12.0. The van der Waals surface area contributed by atoms with Gasteiger partial charge in [-0.05, 0) is 79.5 Å². The first-order valence-electron chi connectivity index (χ1n) is 14.6. The molecule has 1 N–H and O–H groups in total. The lowest BCUT2D eigenvalue weighted by Crippen LogP contribution is -2.36. The zero-order valence-corrected chi connectivity index (χ0v) is 23.1. The summed E-state index contributed by atoms with van der Waals surface area (Å²) in [5, 5.41) is 10.1. The molecule has 1 unspecified atom stereocenters. The minimum absolute atomic E-state index is 0.251. The molecule has 1 saturated carbocycles. The lowest BCUT2D eigenvalue weighted by molar-refractivity contribution is -0.129. The van der Waals surface area contributed by atoms with Gasteiger partial charge in [0.2, 0.25) is 0 Å². The predicted molar refractivity (Wildman–Crippen MR) is 153 cm³/mol. The molecule has 1 saturated heterocycles. The van der Waals surface area contributed by atoms with Crippen molar-refractivity contribution in [2.24, 2.45) is 16.8 Å². The Morgan fingerprint density at radius 3 is 2.49 bits per heavy atom. The Kier molecular flexibility index (Phi) is 7.49. The van der Waals surface area contributed by atoms with Gasteiger partial charge in [-0.3, -0.25) is 4.99 Å². The van der Waals surface area contributed by atoms with Crippen molar-refractivity contribution >= 4 is 22.8 Å². The van der Waals surface area contributed by atoms with E-state index in [0.29, 0.717) is 18.4 Å². The number of fused-ring (bicyclic) bond motifs is 4. The van der Waals surface area contributed by atoms with Crippen LogP contribution in [0.3, 0.4) is 0 Å². The zero-order chi connectivity index (χ0) is 25.4. The Labute approximate surface area is 226 Å². The minimum atomic E-state index is -0.895. The number of carbonyl (C=O) groups is 1. The summed E-state index contributed by atoms with van der Waals surface area (Å²) in [5.74, 6) is 0.0149. The van der Waals surface area contributed by atoms with E-state index in [2.05, 4.69) is 40.1 Å². The number of nitrogens with zero attached hydrogens (tertiary/aromatic N) is 3. The first-order valence-corrected chi connectivity index (χ1v) is 15.4. The second kappa shape index (κ2) is 11.0. The molecule has 0 radical (unpaired) electrons. The van der Waals surface area contributed by atoms with Crippen molar-refractivity contribution in [3.8, 4) is 0 Å². The number of carboxylic acid groups (broad SMARTS) is 1. The lowest BCUT2D eigenvalue weighted by atomic mass is 9.80. The molecule has 198 valence electrons. The van der Waals surface area contributed by atoms with Crippen molar-refractivity contribution in [1.82, 2.24) is 9.80 Å². The predicted octanol–water partition coefficient (Wildman–Crippen LogP) is 6.33. The van der Waals surface area contributed by atoms with Gasteiger partial charge in [-0.1, -0.05) is 68.0 Å². The number of aliphatic imine (C=N–C) groups is 1. The van der Waals surface area contributed by atoms with Crippen LogP contribution in [-0.2, 0) is 4.79 Å². The van der Waals surface area contributed by atoms with Gasteiger partial charge in [0.15, 0.2) is 5.04 Å². The molecular formula is C31H41N3O2S. The van der Waals surface area contributed by atoms with Gasteiger partial charge in [0.25, 0.3) is 0 Å². The second-order valence-electron chi connectivity index (χ2n) is 11.7. The van der Waals surface area contributed by atoms with Crippen LogP contribution in [0.4, 0.5) is 0 Å². The molecular weight excluding hydrogens is 478 g/mol. The van der Waals surface area contributed by atoms with Gasteiger partial charge in [0.1, 0.15) is 0 Å². The van der Waals surface area contributed by atoms with Crippen LogP contribution in [0, 0.1) is 11.8 Å². The highest BCUT2D eigenvalue weighted by Gasteiger charge is 2.44. The monoisotopic (exact) mass is 519 g/mol. The van der Waals surface area contributed by atoms with Crippen molar-refractivity contribution in [2.45, 2.75) is 71.1 Å². The third-order valence-electron chi connectivity index (χ3n) is 9.20. The van der Waals surface area contributed by atoms with E-state index < -0.39 is 5.97 Å². The fraction of sp³-hybridized carbons (Fsp3) is 0.613. The zero-order valence-electron chi connectivity index (χ0n) is 22.3. The summed E-state index contributed by atoms with van der Waals surface area (Å²) in [7, 11) is 0. The molecule has 5 nitrogen and oxygen atoms in total. The number of likely N-dealkylation sites (tertiary alicyclic amines) is 1. The highest BCUT2D eigenvalue weighted by Crippen LogP contribution is 2.57. The molecule has 6 aliphatic rings. The van der Waals surface area contributed by atoms with E-state index in [-0.39, 0.29) is 5.04 Å². The standard InChI is InChI=1S/C31H41N3O2S/c1-21-12-13-24-26(21)25-20-34(17-16-33-14-8-3-2-4-9-15-33)19-23-18-32-30(31(35)36)37-29(23)28(25)27(24)22-10-6-5-7-11-22/h12-13,20,22,26H,2-11,14-19H2,1H3,(H,35,36). The van der Waals surface area contributed by atoms with Crippen LogP contribution >= 0.6 is 11.8 Å². The van der Waals surface area contributed by atoms with Crippen LogP contribution in [-0.4, -0.2) is 65.2 Å². The molecule has 0 aromatic heterocycles. The van der Waals surface area contributed by atoms with E-state index in [9.17, 15) is 9.90 Å². The maximum absolute atomic E-state index is 12.0. The van der Waals surface area contributed by atoms with Crippen molar-refractivity contribution in [1.29, 1.82) is 0 Å². The SMILES string of the molecule is CC1=CC=C2C(C3CCCCC3)=C3C(=CN(CCN4CCCCCCC4)CC4=C3SC(C(=O)O)=NC4)C12. The van der Waals surface area contributed by atoms with Crippen LogP contribution in [0.1, 0.15) is 71.1 Å². The minimum Gasteiger partial charge on any atom is -0.476 e. The van der Waals surface area contributed by atoms with Crippen LogP contribution in [0.5, 0.6) is 0 Å². The maximum Gasteiger partial charge on any atom is 0.361 e. The van der Waals surface area contributed by atoms with Crippen molar-refractivity contribution in [2.75, 3.05) is 39.3 Å². The van der Waals surface area contributed by atoms with Gasteiger partial charge < -0.3 is 14.9 Å². The number of carboxylic acids is 1. The van der Waals surface area contributed by atoms with E-state index in [0.717, 1.165) is 19.6 Å². The molecule has 0 aromatic rings. The van der Waals surface area contributed by atoms with Crippen LogP contribution < -0.4 is 0 Å². The van der Waals surface area contributed by atoms with Crippen molar-refractivity contribution in [3.63, 3.8) is 0 Å². The first-order chi connectivity index (χ1) is 18.1. The molecule has 3 heterocycles. The Hall–Kier alpha value is -2.05. The molecule has 6 heteroatoms. The Morgan fingerprint density at radius 1 is 1.00 bits per heavy atom.